The number of nitrogens with zero attached hydrogens (tertiary/aromatic N) is 1. The highest BCUT2D eigenvalue weighted by Gasteiger charge is 2.44. The van der Waals surface area contributed by atoms with Gasteiger partial charge in [-0.3, -0.25) is 4.57 Å². The molecule has 312 valence electrons. The molecule has 58 heavy (non-hydrogen) atoms. The molecule has 0 bridgehead atoms. The molecular weight excluding hydrogens is 786 g/mol. The van der Waals surface area contributed by atoms with E-state index in [-0.39, 0.29) is 61.8 Å². The molecule has 2 aliphatic heterocycles. The summed E-state index contributed by atoms with van der Waals surface area (Å²) in [5.41, 5.74) is 8.82. The van der Waals surface area contributed by atoms with Gasteiger partial charge in [0.05, 0.1) is 49.4 Å². The molecule has 4 aromatic carbocycles. The molecule has 2 fully saturated rings. The molecular formula is C42H52N3O11PS. The molecule has 16 heteroatoms. The molecule has 0 aliphatic carbocycles. The van der Waals surface area contributed by atoms with Crippen LogP contribution in [0.5, 0.6) is 5.75 Å². The van der Waals surface area contributed by atoms with Gasteiger partial charge in [-0.05, 0) is 71.8 Å². The lowest BCUT2D eigenvalue weighted by atomic mass is 10.0. The molecule has 0 unspecified atom stereocenters. The van der Waals surface area contributed by atoms with E-state index >= 15 is 0 Å². The first-order chi connectivity index (χ1) is 27.9. The molecule has 0 saturated carbocycles. The number of anilines is 1. The third kappa shape index (κ3) is 12.1. The minimum atomic E-state index is -4.18. The second-order valence-corrected chi connectivity index (χ2v) is 18.8. The second-order valence-electron chi connectivity index (χ2n) is 14.8. The zero-order chi connectivity index (χ0) is 41.1. The van der Waals surface area contributed by atoms with Crippen molar-refractivity contribution in [2.75, 3.05) is 38.4 Å². The minimum absolute atomic E-state index is 0.0360. The Morgan fingerprint density at radius 1 is 0.879 bits per heavy atom. The van der Waals surface area contributed by atoms with Crippen LogP contribution in [0.4, 0.5) is 10.5 Å². The van der Waals surface area contributed by atoms with E-state index < -0.39 is 54.6 Å². The van der Waals surface area contributed by atoms with Gasteiger partial charge in [-0.1, -0.05) is 86.6 Å². The first kappa shape index (κ1) is 43.3. The summed E-state index contributed by atoms with van der Waals surface area (Å²) >= 11 is 0. The molecule has 2 aliphatic rings. The number of carbonyl (C=O) groups excluding carboxylic acids is 1. The van der Waals surface area contributed by atoms with E-state index in [1.807, 2.05) is 74.5 Å². The van der Waals surface area contributed by atoms with Gasteiger partial charge in [-0.25, -0.2) is 13.2 Å². The smallest absolute Gasteiger partial charge is 0.407 e. The van der Waals surface area contributed by atoms with Gasteiger partial charge in [0, 0.05) is 18.8 Å². The summed E-state index contributed by atoms with van der Waals surface area (Å²) in [6.45, 7) is 4.28. The van der Waals surface area contributed by atoms with Crippen LogP contribution in [0.1, 0.15) is 37.0 Å². The van der Waals surface area contributed by atoms with Crippen molar-refractivity contribution in [2.45, 2.75) is 69.3 Å². The minimum Gasteiger partial charge on any atom is -0.481 e. The van der Waals surface area contributed by atoms with Gasteiger partial charge in [-0.15, -0.1) is 0 Å². The fourth-order valence-corrected chi connectivity index (χ4v) is 9.54. The number of amides is 1. The van der Waals surface area contributed by atoms with Gasteiger partial charge in [0.25, 0.3) is 0 Å². The Labute approximate surface area is 340 Å². The predicted molar refractivity (Wildman–Crippen MR) is 217 cm³/mol. The topological polar surface area (TPSA) is 185 Å². The van der Waals surface area contributed by atoms with E-state index in [0.717, 1.165) is 16.7 Å². The number of nitrogens with two attached hydrogens (primary N) is 1. The molecule has 5 atom stereocenters. The first-order valence-electron chi connectivity index (χ1n) is 19.3. The fraction of sp³-hybridized carbons (Fsp3) is 0.405. The van der Waals surface area contributed by atoms with Gasteiger partial charge in [-0.2, -0.15) is 4.31 Å². The number of aliphatic hydroxyl groups is 1. The molecule has 6 rings (SSSR count). The standard InChI is InChI=1S/C42H52N3O11PS/c1-30(2)24-45(25-39(46)38(23-31-13-15-34(43)16-14-31)44-42(47)56-40-28-52-41-37(40)21-22-51-41)58(49,50)36-19-17-35(18-20-36)53-29-57(48,54-26-32-9-5-3-6-10-32)55-27-33-11-7-4-8-12-33/h3-20,30,37-41,46H,21-29,43H2,1-2H3,(H,44,47)/t37-,38-,39+,40-,41+/m0/s1. The van der Waals surface area contributed by atoms with Crippen LogP contribution in [0.15, 0.2) is 114 Å². The average Bonchev–Trinajstić information content (AvgIpc) is 3.85. The van der Waals surface area contributed by atoms with Crippen molar-refractivity contribution in [1.82, 2.24) is 9.62 Å². The zero-order valence-electron chi connectivity index (χ0n) is 32.6. The van der Waals surface area contributed by atoms with E-state index in [1.165, 1.54) is 28.6 Å². The molecule has 0 radical (unpaired) electrons. The maximum Gasteiger partial charge on any atom is 0.407 e. The molecule has 2 heterocycles. The summed E-state index contributed by atoms with van der Waals surface area (Å²) in [6.07, 6.45) is -2.58. The van der Waals surface area contributed by atoms with Crippen LogP contribution in [0, 0.1) is 11.8 Å². The number of nitrogens with one attached hydrogen (secondary N) is 1. The number of ether oxygens (including phenoxy) is 4. The molecule has 2 saturated heterocycles. The largest absolute Gasteiger partial charge is 0.481 e. The number of carbonyl (C=O) groups is 1. The fourth-order valence-electron chi connectivity index (χ4n) is 6.69. The van der Waals surface area contributed by atoms with Gasteiger partial charge in [0.1, 0.15) is 11.9 Å². The normalized spacial score (nSPS) is 19.2. The van der Waals surface area contributed by atoms with E-state index in [9.17, 15) is 22.9 Å². The Balaban J connectivity index is 1.13. The average molecular weight is 838 g/mol. The van der Waals surface area contributed by atoms with E-state index in [4.69, 9.17) is 33.7 Å². The summed E-state index contributed by atoms with van der Waals surface area (Å²) in [4.78, 5) is 13.2. The van der Waals surface area contributed by atoms with E-state index in [2.05, 4.69) is 5.32 Å². The molecule has 1 amide bonds. The number of sulfonamides is 1. The van der Waals surface area contributed by atoms with Crippen molar-refractivity contribution in [2.24, 2.45) is 11.8 Å². The highest BCUT2D eigenvalue weighted by molar-refractivity contribution is 7.89. The summed E-state index contributed by atoms with van der Waals surface area (Å²) in [5.74, 6) is 0.0544. The van der Waals surface area contributed by atoms with Gasteiger partial charge >= 0.3 is 13.7 Å². The number of nitrogen functional groups attached to an aromatic ring is 1. The quantitative estimate of drug-likeness (QED) is 0.0664. The predicted octanol–water partition coefficient (Wildman–Crippen LogP) is 6.34. The van der Waals surface area contributed by atoms with Gasteiger partial charge in [0.2, 0.25) is 10.0 Å². The summed E-state index contributed by atoms with van der Waals surface area (Å²) in [5, 5.41) is 14.5. The lowest BCUT2D eigenvalue weighted by molar-refractivity contribution is -0.0907. The highest BCUT2D eigenvalue weighted by Crippen LogP contribution is 2.50. The lowest BCUT2D eigenvalue weighted by Gasteiger charge is -2.31. The van der Waals surface area contributed by atoms with Crippen molar-refractivity contribution >= 4 is 29.4 Å². The molecule has 14 nitrogen and oxygen atoms in total. The number of benzene rings is 4. The number of fused-ring (bicyclic) bond motifs is 1. The summed E-state index contributed by atoms with van der Waals surface area (Å²) in [6, 6.07) is 30.3. The van der Waals surface area contributed by atoms with Crippen molar-refractivity contribution in [1.29, 1.82) is 0 Å². The Kier molecular flexibility index (Phi) is 15.0. The van der Waals surface area contributed by atoms with Gasteiger partial charge in [0.15, 0.2) is 12.6 Å². The summed E-state index contributed by atoms with van der Waals surface area (Å²) in [7, 11) is -7.98. The molecule has 0 aromatic heterocycles. The van der Waals surface area contributed by atoms with Gasteiger partial charge < -0.3 is 44.2 Å². The maximum absolute atomic E-state index is 14.2. The van der Waals surface area contributed by atoms with E-state index in [0.29, 0.717) is 18.7 Å². The van der Waals surface area contributed by atoms with Crippen molar-refractivity contribution in [3.63, 3.8) is 0 Å². The Morgan fingerprint density at radius 2 is 1.50 bits per heavy atom. The van der Waals surface area contributed by atoms with Crippen molar-refractivity contribution in [3.05, 3.63) is 126 Å². The summed E-state index contributed by atoms with van der Waals surface area (Å²) < 4.78 is 77.8. The zero-order valence-corrected chi connectivity index (χ0v) is 34.3. The van der Waals surface area contributed by atoms with Crippen LogP contribution >= 0.6 is 7.60 Å². The Bertz CT molecular complexity index is 2010. The van der Waals surface area contributed by atoms with Crippen LogP contribution in [-0.2, 0) is 57.5 Å². The number of rotatable bonds is 20. The van der Waals surface area contributed by atoms with Crippen LogP contribution in [0.2, 0.25) is 0 Å². The van der Waals surface area contributed by atoms with Crippen LogP contribution in [0.3, 0.4) is 0 Å². The third-order valence-electron chi connectivity index (χ3n) is 9.80. The molecule has 4 aromatic rings. The number of aliphatic hydroxyl groups excluding tert-OH is 1. The monoisotopic (exact) mass is 837 g/mol. The number of alkyl carbamates (subject to hydrolysis) is 1. The molecule has 4 N–H and O–H groups in total. The van der Waals surface area contributed by atoms with Crippen LogP contribution in [-0.4, -0.2) is 81.1 Å². The van der Waals surface area contributed by atoms with Crippen molar-refractivity contribution < 1.29 is 50.9 Å². The third-order valence-corrected chi connectivity index (χ3v) is 13.1. The van der Waals surface area contributed by atoms with E-state index in [1.54, 1.807) is 24.3 Å². The number of hydrogen-bond donors (Lipinski definition) is 3. The maximum atomic E-state index is 14.2. The second kappa shape index (κ2) is 20.1. The molecule has 0 spiro atoms. The van der Waals surface area contributed by atoms with Crippen LogP contribution < -0.4 is 15.8 Å². The van der Waals surface area contributed by atoms with Crippen molar-refractivity contribution in [3.8, 4) is 5.75 Å². The Morgan fingerprint density at radius 3 is 2.10 bits per heavy atom. The first-order valence-corrected chi connectivity index (χ1v) is 22.5. The highest BCUT2D eigenvalue weighted by atomic mass is 32.2. The number of hydrogen-bond acceptors (Lipinski definition) is 12. The SMILES string of the molecule is CC(C)CN(C[C@@H](O)[C@H](Cc1ccc(N)cc1)NC(=O)O[C@H]1CO[C@H]2OCC[C@H]21)S(=O)(=O)c1ccc(OCP(=O)(OCc2ccccc2)OCc2ccccc2)cc1. The Hall–Kier alpha value is -4.31. The van der Waals surface area contributed by atoms with Crippen LogP contribution in [0.25, 0.3) is 0 Å². The lowest BCUT2D eigenvalue weighted by Crippen LogP contribution is -2.51.